The van der Waals surface area contributed by atoms with Crippen LogP contribution in [-0.4, -0.2) is 42.5 Å². The number of carbonyl (C=O) groups excluding carboxylic acids is 2. The fraction of sp³-hybridized carbons (Fsp3) is 0.500. The molecule has 1 fully saturated rings. The van der Waals surface area contributed by atoms with Crippen LogP contribution in [0.15, 0.2) is 12.4 Å². The molecule has 1 saturated heterocycles. The molecule has 1 N–H and O–H groups in total. The van der Waals surface area contributed by atoms with E-state index in [1.807, 2.05) is 27.7 Å². The summed E-state index contributed by atoms with van der Waals surface area (Å²) in [6.45, 7) is 7.64. The normalized spacial score (nSPS) is 19.4. The van der Waals surface area contributed by atoms with Crippen molar-refractivity contribution in [1.29, 1.82) is 0 Å². The molecule has 6 nitrogen and oxygen atoms in total. The van der Waals surface area contributed by atoms with Crippen LogP contribution in [0.5, 0.6) is 0 Å². The van der Waals surface area contributed by atoms with Crippen LogP contribution in [0.4, 0.5) is 0 Å². The van der Waals surface area contributed by atoms with Crippen LogP contribution in [0.2, 0.25) is 0 Å². The van der Waals surface area contributed by atoms with Crippen molar-refractivity contribution >= 4 is 24.8 Å². The van der Waals surface area contributed by atoms with Gasteiger partial charge in [-0.3, -0.25) is 14.6 Å². The Morgan fingerprint density at radius 1 is 1.24 bits per heavy atom. The summed E-state index contributed by atoms with van der Waals surface area (Å²) >= 11 is 0. The number of pyridine rings is 1. The SMILES string of the molecule is CNC(=O)c1cncc(C=O)c1B1OC(C)(C)C(C)(C)O1. The third kappa shape index (κ3) is 2.58. The summed E-state index contributed by atoms with van der Waals surface area (Å²) in [5, 5.41) is 2.53. The van der Waals surface area contributed by atoms with E-state index < -0.39 is 18.3 Å². The Hall–Kier alpha value is -1.73. The van der Waals surface area contributed by atoms with Gasteiger partial charge in [0.15, 0.2) is 6.29 Å². The maximum absolute atomic E-state index is 12.0. The molecule has 1 aliphatic heterocycles. The third-order valence-corrected chi connectivity index (χ3v) is 4.11. The molecule has 0 bridgehead atoms. The van der Waals surface area contributed by atoms with Crippen LogP contribution in [0, 0.1) is 0 Å². The van der Waals surface area contributed by atoms with Gasteiger partial charge in [-0.15, -0.1) is 0 Å². The second kappa shape index (κ2) is 5.24. The van der Waals surface area contributed by atoms with Gasteiger partial charge in [0.05, 0.1) is 16.8 Å². The quantitative estimate of drug-likeness (QED) is 0.650. The van der Waals surface area contributed by atoms with Crippen LogP contribution in [0.25, 0.3) is 0 Å². The van der Waals surface area contributed by atoms with E-state index in [0.29, 0.717) is 11.7 Å². The largest absolute Gasteiger partial charge is 0.496 e. The highest BCUT2D eigenvalue weighted by atomic mass is 16.7. The number of aldehydes is 1. The summed E-state index contributed by atoms with van der Waals surface area (Å²) in [6.07, 6.45) is 3.46. The van der Waals surface area contributed by atoms with Crippen molar-refractivity contribution in [2.24, 2.45) is 0 Å². The third-order valence-electron chi connectivity index (χ3n) is 4.11. The predicted octanol–water partition coefficient (Wildman–Crippen LogP) is 0.553. The standard InChI is InChI=1S/C14H19BN2O4/c1-13(2)14(3,4)21-15(20-13)11-9(8-18)6-17-7-10(11)12(19)16-5/h6-8H,1-5H3,(H,16,19). The molecule has 2 heterocycles. The highest BCUT2D eigenvalue weighted by Crippen LogP contribution is 2.36. The van der Waals surface area contributed by atoms with Crippen molar-refractivity contribution in [1.82, 2.24) is 10.3 Å². The molecule has 0 radical (unpaired) electrons. The fourth-order valence-corrected chi connectivity index (χ4v) is 2.12. The summed E-state index contributed by atoms with van der Waals surface area (Å²) in [6, 6.07) is 0. The van der Waals surface area contributed by atoms with Gasteiger partial charge in [-0.25, -0.2) is 0 Å². The molecule has 7 heteroatoms. The highest BCUT2D eigenvalue weighted by Gasteiger charge is 2.53. The first-order valence-corrected chi connectivity index (χ1v) is 6.74. The Morgan fingerprint density at radius 2 is 1.81 bits per heavy atom. The Balaban J connectivity index is 2.54. The van der Waals surface area contributed by atoms with E-state index >= 15 is 0 Å². The average Bonchev–Trinajstić information content (AvgIpc) is 2.65. The van der Waals surface area contributed by atoms with E-state index in [2.05, 4.69) is 10.3 Å². The minimum Gasteiger partial charge on any atom is -0.399 e. The van der Waals surface area contributed by atoms with Gasteiger partial charge in [0, 0.05) is 30.5 Å². The lowest BCUT2D eigenvalue weighted by molar-refractivity contribution is 0.00578. The Bertz CT molecular complexity index is 570. The maximum Gasteiger partial charge on any atom is 0.496 e. The first-order chi connectivity index (χ1) is 9.73. The van der Waals surface area contributed by atoms with E-state index in [9.17, 15) is 9.59 Å². The van der Waals surface area contributed by atoms with E-state index in [4.69, 9.17) is 9.31 Å². The topological polar surface area (TPSA) is 77.5 Å². The Labute approximate surface area is 124 Å². The summed E-state index contributed by atoms with van der Waals surface area (Å²) in [5.41, 5.74) is -0.129. The second-order valence-corrected chi connectivity index (χ2v) is 5.98. The van der Waals surface area contributed by atoms with Crippen LogP contribution >= 0.6 is 0 Å². The molecule has 1 aliphatic rings. The number of hydrogen-bond donors (Lipinski definition) is 1. The number of nitrogens with zero attached hydrogens (tertiary/aromatic N) is 1. The Morgan fingerprint density at radius 3 is 2.29 bits per heavy atom. The Kier molecular flexibility index (Phi) is 3.90. The van der Waals surface area contributed by atoms with Gasteiger partial charge in [-0.05, 0) is 27.7 Å². The van der Waals surface area contributed by atoms with Crippen molar-refractivity contribution in [3.05, 3.63) is 23.5 Å². The molecular formula is C14H19BN2O4. The van der Waals surface area contributed by atoms with Gasteiger partial charge >= 0.3 is 7.12 Å². The number of rotatable bonds is 3. The van der Waals surface area contributed by atoms with Crippen LogP contribution in [-0.2, 0) is 9.31 Å². The van der Waals surface area contributed by atoms with E-state index in [0.717, 1.165) is 0 Å². The lowest BCUT2D eigenvalue weighted by Gasteiger charge is -2.32. The highest BCUT2D eigenvalue weighted by molar-refractivity contribution is 6.65. The zero-order valence-electron chi connectivity index (χ0n) is 12.9. The van der Waals surface area contributed by atoms with E-state index in [-0.39, 0.29) is 17.0 Å². The molecule has 2 rings (SSSR count). The molecule has 0 atom stereocenters. The van der Waals surface area contributed by atoms with Gasteiger partial charge < -0.3 is 14.6 Å². The van der Waals surface area contributed by atoms with Gasteiger partial charge in [-0.1, -0.05) is 0 Å². The van der Waals surface area contributed by atoms with Crippen molar-refractivity contribution in [3.8, 4) is 0 Å². The lowest BCUT2D eigenvalue weighted by atomic mass is 9.73. The van der Waals surface area contributed by atoms with Crippen LogP contribution in [0.1, 0.15) is 48.4 Å². The van der Waals surface area contributed by atoms with E-state index in [1.165, 1.54) is 19.4 Å². The fourth-order valence-electron chi connectivity index (χ4n) is 2.12. The van der Waals surface area contributed by atoms with Gasteiger partial charge in [0.2, 0.25) is 0 Å². The first kappa shape index (κ1) is 15.7. The average molecular weight is 290 g/mol. The second-order valence-electron chi connectivity index (χ2n) is 5.98. The first-order valence-electron chi connectivity index (χ1n) is 6.74. The van der Waals surface area contributed by atoms with Gasteiger partial charge in [-0.2, -0.15) is 0 Å². The maximum atomic E-state index is 12.0. The minimum atomic E-state index is -0.787. The number of hydrogen-bond acceptors (Lipinski definition) is 5. The molecule has 1 amide bonds. The van der Waals surface area contributed by atoms with Crippen molar-refractivity contribution in [2.45, 2.75) is 38.9 Å². The molecule has 0 unspecified atom stereocenters. The summed E-state index contributed by atoms with van der Waals surface area (Å²) < 4.78 is 11.9. The van der Waals surface area contributed by atoms with Crippen LogP contribution < -0.4 is 10.8 Å². The molecule has 0 aliphatic carbocycles. The lowest BCUT2D eigenvalue weighted by Crippen LogP contribution is -2.42. The summed E-state index contributed by atoms with van der Waals surface area (Å²) in [7, 11) is 0.731. The summed E-state index contributed by atoms with van der Waals surface area (Å²) in [4.78, 5) is 27.2. The van der Waals surface area contributed by atoms with Crippen molar-refractivity contribution < 1.29 is 18.9 Å². The predicted molar refractivity (Wildman–Crippen MR) is 78.7 cm³/mol. The number of aromatic nitrogens is 1. The summed E-state index contributed by atoms with van der Waals surface area (Å²) in [5.74, 6) is -0.337. The molecule has 112 valence electrons. The van der Waals surface area contributed by atoms with Crippen LogP contribution in [0.3, 0.4) is 0 Å². The number of carbonyl (C=O) groups is 2. The van der Waals surface area contributed by atoms with Gasteiger partial charge in [0.25, 0.3) is 5.91 Å². The van der Waals surface area contributed by atoms with E-state index in [1.54, 1.807) is 0 Å². The zero-order chi connectivity index (χ0) is 15.8. The molecule has 1 aromatic heterocycles. The minimum absolute atomic E-state index is 0.278. The van der Waals surface area contributed by atoms with Crippen molar-refractivity contribution in [2.75, 3.05) is 7.05 Å². The number of amides is 1. The molecule has 0 spiro atoms. The number of nitrogens with one attached hydrogen (secondary N) is 1. The van der Waals surface area contributed by atoms with Crippen molar-refractivity contribution in [3.63, 3.8) is 0 Å². The molecular weight excluding hydrogens is 271 g/mol. The molecule has 0 aromatic carbocycles. The monoisotopic (exact) mass is 290 g/mol. The zero-order valence-corrected chi connectivity index (χ0v) is 12.9. The van der Waals surface area contributed by atoms with Gasteiger partial charge in [0.1, 0.15) is 0 Å². The molecule has 0 saturated carbocycles. The smallest absolute Gasteiger partial charge is 0.399 e. The molecule has 21 heavy (non-hydrogen) atoms. The molecule has 1 aromatic rings.